The van der Waals surface area contributed by atoms with E-state index in [0.717, 1.165) is 28.3 Å². The van der Waals surface area contributed by atoms with Crippen molar-refractivity contribution in [1.82, 2.24) is 0 Å². The molecule has 1 aliphatic carbocycles. The van der Waals surface area contributed by atoms with Crippen molar-refractivity contribution >= 4 is 28.3 Å². The molecule has 19 heavy (non-hydrogen) atoms. The Bertz CT molecular complexity index is 784. The van der Waals surface area contributed by atoms with Gasteiger partial charge in [-0.2, -0.15) is 0 Å². The number of cyclic esters (lactones) is 2. The van der Waals surface area contributed by atoms with Gasteiger partial charge in [-0.1, -0.05) is 36.4 Å². The fourth-order valence-corrected chi connectivity index (χ4v) is 2.98. The van der Waals surface area contributed by atoms with E-state index in [4.69, 9.17) is 4.74 Å². The summed E-state index contributed by atoms with van der Waals surface area (Å²) in [6, 6.07) is 12.0. The average molecular weight is 250 g/mol. The van der Waals surface area contributed by atoms with Gasteiger partial charge in [0.2, 0.25) is 0 Å². The van der Waals surface area contributed by atoms with E-state index in [1.54, 1.807) is 0 Å². The molecule has 0 radical (unpaired) electrons. The molecule has 2 aliphatic rings. The molecule has 0 fully saturated rings. The largest absolute Gasteiger partial charge is 0.386 e. The number of benzene rings is 2. The average Bonchev–Trinajstić information content (AvgIpc) is 2.73. The van der Waals surface area contributed by atoms with Gasteiger partial charge < -0.3 is 4.74 Å². The van der Waals surface area contributed by atoms with Crippen LogP contribution in [0.1, 0.15) is 17.5 Å². The van der Waals surface area contributed by atoms with Crippen LogP contribution in [0.3, 0.4) is 0 Å². The van der Waals surface area contributed by atoms with Gasteiger partial charge in [-0.05, 0) is 29.2 Å². The lowest BCUT2D eigenvalue weighted by Gasteiger charge is -2.17. The van der Waals surface area contributed by atoms with E-state index in [9.17, 15) is 9.59 Å². The quantitative estimate of drug-likeness (QED) is 0.533. The third kappa shape index (κ3) is 1.32. The van der Waals surface area contributed by atoms with Gasteiger partial charge in [0.15, 0.2) is 0 Å². The summed E-state index contributed by atoms with van der Waals surface area (Å²) in [6.45, 7) is 0. The zero-order valence-corrected chi connectivity index (χ0v) is 10.1. The number of ether oxygens (including phenoxy) is 1. The first-order chi connectivity index (χ1) is 9.25. The standard InChI is InChI=1S/C16H10O3/c17-15-12-8-7-10-6-5-9-3-1-2-4-11(9)13(10)14(12)16(18)19-15/h1-6H,7-8H2. The van der Waals surface area contributed by atoms with Crippen LogP contribution in [0, 0.1) is 0 Å². The highest BCUT2D eigenvalue weighted by atomic mass is 16.6. The minimum Gasteiger partial charge on any atom is -0.386 e. The van der Waals surface area contributed by atoms with Crippen LogP contribution in [0.4, 0.5) is 0 Å². The zero-order chi connectivity index (χ0) is 13.0. The Kier molecular flexibility index (Phi) is 1.96. The first kappa shape index (κ1) is 10.5. The van der Waals surface area contributed by atoms with Crippen molar-refractivity contribution in [3.8, 4) is 0 Å². The molecule has 0 N–H and O–H groups in total. The van der Waals surface area contributed by atoms with Crippen LogP contribution in [0.25, 0.3) is 16.3 Å². The van der Waals surface area contributed by atoms with E-state index in [0.29, 0.717) is 17.6 Å². The normalized spacial score (nSPS) is 17.5. The molecule has 3 heteroatoms. The maximum absolute atomic E-state index is 11.9. The minimum atomic E-state index is -0.502. The fourth-order valence-electron chi connectivity index (χ4n) is 2.98. The van der Waals surface area contributed by atoms with Crippen LogP contribution in [0.15, 0.2) is 42.0 Å². The van der Waals surface area contributed by atoms with E-state index < -0.39 is 11.9 Å². The maximum Gasteiger partial charge on any atom is 0.347 e. The van der Waals surface area contributed by atoms with Crippen molar-refractivity contribution in [3.05, 3.63) is 53.1 Å². The maximum atomic E-state index is 11.9. The third-order valence-electron chi connectivity index (χ3n) is 3.85. The Morgan fingerprint density at radius 3 is 2.63 bits per heavy atom. The van der Waals surface area contributed by atoms with Crippen LogP contribution < -0.4 is 0 Å². The van der Waals surface area contributed by atoms with Gasteiger partial charge in [0.25, 0.3) is 0 Å². The number of aryl methyl sites for hydroxylation is 1. The van der Waals surface area contributed by atoms with Crippen molar-refractivity contribution in [2.24, 2.45) is 0 Å². The number of hydrogen-bond acceptors (Lipinski definition) is 3. The topological polar surface area (TPSA) is 43.4 Å². The smallest absolute Gasteiger partial charge is 0.347 e. The van der Waals surface area contributed by atoms with E-state index >= 15 is 0 Å². The van der Waals surface area contributed by atoms with E-state index in [1.807, 2.05) is 30.3 Å². The van der Waals surface area contributed by atoms with Gasteiger partial charge in [0.1, 0.15) is 0 Å². The molecule has 92 valence electrons. The number of carbonyl (C=O) groups is 2. The molecule has 0 aromatic heterocycles. The predicted octanol–water partition coefficient (Wildman–Crippen LogP) is 2.62. The lowest BCUT2D eigenvalue weighted by molar-refractivity contribution is -0.150. The van der Waals surface area contributed by atoms with E-state index in [-0.39, 0.29) is 0 Å². The molecule has 0 unspecified atom stereocenters. The second kappa shape index (κ2) is 3.54. The Morgan fingerprint density at radius 1 is 0.895 bits per heavy atom. The molecule has 0 atom stereocenters. The van der Waals surface area contributed by atoms with Gasteiger partial charge in [0.05, 0.1) is 11.1 Å². The van der Waals surface area contributed by atoms with Crippen molar-refractivity contribution in [2.45, 2.75) is 12.8 Å². The van der Waals surface area contributed by atoms with Crippen LogP contribution in [-0.2, 0) is 20.7 Å². The highest BCUT2D eigenvalue weighted by Gasteiger charge is 2.37. The Balaban J connectivity index is 2.13. The number of hydrogen-bond donors (Lipinski definition) is 0. The second-order valence-corrected chi connectivity index (χ2v) is 4.85. The number of rotatable bonds is 0. The van der Waals surface area contributed by atoms with Crippen molar-refractivity contribution in [2.75, 3.05) is 0 Å². The molecular formula is C16H10O3. The van der Waals surface area contributed by atoms with Gasteiger partial charge >= 0.3 is 11.9 Å². The molecule has 1 heterocycles. The summed E-state index contributed by atoms with van der Waals surface area (Å²) in [7, 11) is 0. The molecule has 0 bridgehead atoms. The summed E-state index contributed by atoms with van der Waals surface area (Å²) in [5.74, 6) is -0.976. The summed E-state index contributed by atoms with van der Waals surface area (Å²) in [5.41, 5.74) is 3.01. The Morgan fingerprint density at radius 2 is 1.74 bits per heavy atom. The molecule has 0 spiro atoms. The highest BCUT2D eigenvalue weighted by Crippen LogP contribution is 2.40. The summed E-state index contributed by atoms with van der Waals surface area (Å²) in [4.78, 5) is 23.6. The van der Waals surface area contributed by atoms with Gasteiger partial charge in [-0.15, -0.1) is 0 Å². The molecule has 2 aromatic rings. The molecule has 0 saturated carbocycles. The highest BCUT2D eigenvalue weighted by molar-refractivity contribution is 6.33. The van der Waals surface area contributed by atoms with Crippen molar-refractivity contribution in [3.63, 3.8) is 0 Å². The fraction of sp³-hybridized carbons (Fsp3) is 0.125. The summed E-state index contributed by atoms with van der Waals surface area (Å²) in [5, 5.41) is 2.08. The monoisotopic (exact) mass is 250 g/mol. The van der Waals surface area contributed by atoms with Crippen molar-refractivity contribution in [1.29, 1.82) is 0 Å². The van der Waals surface area contributed by atoms with Crippen LogP contribution in [0.2, 0.25) is 0 Å². The number of carbonyl (C=O) groups excluding carboxylic acids is 2. The summed E-state index contributed by atoms with van der Waals surface area (Å²) in [6.07, 6.45) is 1.37. The second-order valence-electron chi connectivity index (χ2n) is 4.85. The Labute approximate surface area is 109 Å². The molecule has 1 aliphatic heterocycles. The number of esters is 2. The van der Waals surface area contributed by atoms with Crippen LogP contribution >= 0.6 is 0 Å². The van der Waals surface area contributed by atoms with Gasteiger partial charge in [-0.25, -0.2) is 9.59 Å². The van der Waals surface area contributed by atoms with E-state index in [1.165, 1.54) is 0 Å². The minimum absolute atomic E-state index is 0.474. The first-order valence-electron chi connectivity index (χ1n) is 6.26. The molecular weight excluding hydrogens is 240 g/mol. The lowest BCUT2D eigenvalue weighted by atomic mass is 9.83. The molecule has 4 rings (SSSR count). The molecule has 3 nitrogen and oxygen atoms in total. The Hall–Kier alpha value is -2.42. The van der Waals surface area contributed by atoms with E-state index in [2.05, 4.69) is 6.07 Å². The summed E-state index contributed by atoms with van der Waals surface area (Å²) < 4.78 is 4.76. The molecule has 0 saturated heterocycles. The van der Waals surface area contributed by atoms with Gasteiger partial charge in [-0.3, -0.25) is 0 Å². The van der Waals surface area contributed by atoms with Crippen LogP contribution in [-0.4, -0.2) is 11.9 Å². The third-order valence-corrected chi connectivity index (χ3v) is 3.85. The first-order valence-corrected chi connectivity index (χ1v) is 6.26. The van der Waals surface area contributed by atoms with Crippen LogP contribution in [0.5, 0.6) is 0 Å². The van der Waals surface area contributed by atoms with Gasteiger partial charge in [0, 0.05) is 5.56 Å². The predicted molar refractivity (Wildman–Crippen MR) is 70.3 cm³/mol. The molecule has 2 aromatic carbocycles. The lowest BCUT2D eigenvalue weighted by Crippen LogP contribution is -2.07. The summed E-state index contributed by atoms with van der Waals surface area (Å²) >= 11 is 0. The number of fused-ring (bicyclic) bond motifs is 4. The van der Waals surface area contributed by atoms with Crippen molar-refractivity contribution < 1.29 is 14.3 Å². The molecule has 0 amide bonds. The zero-order valence-electron chi connectivity index (χ0n) is 10.1. The SMILES string of the molecule is O=C1OC(=O)C2=C1CCc1ccc3ccccc3c12.